The van der Waals surface area contributed by atoms with Gasteiger partial charge in [0.1, 0.15) is 0 Å². The molecule has 25 heavy (non-hydrogen) atoms. The quantitative estimate of drug-likeness (QED) is 0.652. The van der Waals surface area contributed by atoms with Crippen LogP contribution in [0, 0.1) is 0 Å². The number of nitrogens with zero attached hydrogens (tertiary/aromatic N) is 4. The second kappa shape index (κ2) is 7.24. The summed E-state index contributed by atoms with van der Waals surface area (Å²) < 4.78 is 0.695. The van der Waals surface area contributed by atoms with Crippen molar-refractivity contribution in [2.45, 2.75) is 16.8 Å². The van der Waals surface area contributed by atoms with E-state index in [4.69, 9.17) is 5.73 Å². The highest BCUT2D eigenvalue weighted by Gasteiger charge is 2.34. The Bertz CT molecular complexity index is 887. The molecule has 3 aromatic heterocycles. The van der Waals surface area contributed by atoms with Crippen LogP contribution in [0.25, 0.3) is 0 Å². The molecule has 3 aromatic rings. The topological polar surface area (TPSA) is 84.5 Å². The van der Waals surface area contributed by atoms with Crippen molar-refractivity contribution in [2.24, 2.45) is 5.10 Å². The van der Waals surface area contributed by atoms with Crippen molar-refractivity contribution < 1.29 is 4.79 Å². The lowest BCUT2D eigenvalue weighted by atomic mass is 10.1. The molecule has 0 saturated heterocycles. The third-order valence-corrected chi connectivity index (χ3v) is 7.35. The van der Waals surface area contributed by atoms with Crippen molar-refractivity contribution >= 4 is 62.5 Å². The van der Waals surface area contributed by atoms with Gasteiger partial charge in [0.05, 0.1) is 22.4 Å². The molecule has 2 N–H and O–H groups in total. The number of rotatable bonds is 5. The first-order valence-corrected chi connectivity index (χ1v) is 11.0. The summed E-state index contributed by atoms with van der Waals surface area (Å²) in [5, 5.41) is 18.4. The Labute approximate surface area is 160 Å². The molecule has 0 saturated carbocycles. The molecule has 0 aliphatic carbocycles. The highest BCUT2D eigenvalue weighted by molar-refractivity contribution is 8.01. The fourth-order valence-corrected chi connectivity index (χ4v) is 5.52. The number of hydrazone groups is 1. The molecule has 1 aliphatic heterocycles. The zero-order valence-corrected chi connectivity index (χ0v) is 16.1. The second-order valence-corrected chi connectivity index (χ2v) is 9.35. The minimum Gasteiger partial charge on any atom is -0.374 e. The largest absolute Gasteiger partial charge is 0.374 e. The molecule has 1 amide bonds. The molecule has 0 fully saturated rings. The summed E-state index contributed by atoms with van der Waals surface area (Å²) in [5.41, 5.74) is 6.55. The minimum atomic E-state index is -0.0382. The number of nitrogen functional groups attached to an aromatic ring is 1. The van der Waals surface area contributed by atoms with E-state index < -0.39 is 0 Å². The van der Waals surface area contributed by atoms with E-state index in [9.17, 15) is 4.79 Å². The van der Waals surface area contributed by atoms with Gasteiger partial charge in [-0.3, -0.25) is 4.79 Å². The van der Waals surface area contributed by atoms with Gasteiger partial charge in [-0.2, -0.15) is 5.10 Å². The monoisotopic (exact) mass is 407 g/mol. The van der Waals surface area contributed by atoms with E-state index in [1.165, 1.54) is 23.1 Å². The Balaban J connectivity index is 1.53. The summed E-state index contributed by atoms with van der Waals surface area (Å²) in [6.45, 7) is 0. The predicted molar refractivity (Wildman–Crippen MR) is 104 cm³/mol. The van der Waals surface area contributed by atoms with E-state index >= 15 is 0 Å². The minimum absolute atomic E-state index is 0.0373. The molecular formula is C15H13N5OS4. The fourth-order valence-electron chi connectivity index (χ4n) is 2.50. The lowest BCUT2D eigenvalue weighted by molar-refractivity contribution is -0.130. The number of nitrogens with two attached hydrogens (primary N) is 1. The van der Waals surface area contributed by atoms with Gasteiger partial charge in [0, 0.05) is 11.3 Å². The molecule has 4 heterocycles. The number of carbonyl (C=O) groups excluding carboxylic acids is 1. The molecular weight excluding hydrogens is 394 g/mol. The van der Waals surface area contributed by atoms with Crippen LogP contribution >= 0.6 is 45.8 Å². The lowest BCUT2D eigenvalue weighted by Gasteiger charge is -2.20. The predicted octanol–water partition coefficient (Wildman–Crippen LogP) is 3.71. The van der Waals surface area contributed by atoms with Gasteiger partial charge >= 0.3 is 0 Å². The average Bonchev–Trinajstić information content (AvgIpc) is 3.38. The molecule has 10 heteroatoms. The third kappa shape index (κ3) is 3.61. The number of thiophene rings is 2. The van der Waals surface area contributed by atoms with E-state index in [1.807, 2.05) is 29.0 Å². The van der Waals surface area contributed by atoms with Gasteiger partial charge in [-0.15, -0.1) is 32.9 Å². The standard InChI is InChI=1S/C15H13N5OS4/c16-14-17-18-15(25-14)24-8-13(21)20-10(12-4-2-6-23-12)7-9(19-20)11-3-1-5-22-11/h1-6,10H,7-8H2,(H2,16,17)/t10-/m1/s1. The Morgan fingerprint density at radius 1 is 1.28 bits per heavy atom. The van der Waals surface area contributed by atoms with E-state index in [-0.39, 0.29) is 17.7 Å². The van der Waals surface area contributed by atoms with Crippen molar-refractivity contribution in [2.75, 3.05) is 11.5 Å². The van der Waals surface area contributed by atoms with Crippen LogP contribution in [0.15, 0.2) is 44.5 Å². The van der Waals surface area contributed by atoms with Crippen molar-refractivity contribution in [1.29, 1.82) is 0 Å². The molecule has 128 valence electrons. The number of anilines is 1. The summed E-state index contributed by atoms with van der Waals surface area (Å²) in [7, 11) is 0. The number of aromatic nitrogens is 2. The van der Waals surface area contributed by atoms with Crippen LogP contribution in [-0.4, -0.2) is 32.6 Å². The van der Waals surface area contributed by atoms with Crippen molar-refractivity contribution in [3.05, 3.63) is 44.8 Å². The third-order valence-electron chi connectivity index (χ3n) is 3.58. The normalized spacial score (nSPS) is 17.0. The maximum absolute atomic E-state index is 12.8. The highest BCUT2D eigenvalue weighted by atomic mass is 32.2. The van der Waals surface area contributed by atoms with Crippen LogP contribution in [-0.2, 0) is 4.79 Å². The molecule has 0 spiro atoms. The van der Waals surface area contributed by atoms with E-state index in [2.05, 4.69) is 21.4 Å². The Morgan fingerprint density at radius 2 is 2.12 bits per heavy atom. The van der Waals surface area contributed by atoms with Gasteiger partial charge < -0.3 is 5.73 Å². The van der Waals surface area contributed by atoms with E-state index in [0.717, 1.165) is 21.9 Å². The summed E-state index contributed by atoms with van der Waals surface area (Å²) in [6, 6.07) is 8.07. The van der Waals surface area contributed by atoms with Crippen LogP contribution in [0.5, 0.6) is 0 Å². The Morgan fingerprint density at radius 3 is 2.80 bits per heavy atom. The average molecular weight is 408 g/mol. The summed E-state index contributed by atoms with van der Waals surface area (Å²) in [4.78, 5) is 15.0. The summed E-state index contributed by atoms with van der Waals surface area (Å²) in [6.07, 6.45) is 0.739. The number of hydrogen-bond acceptors (Lipinski definition) is 9. The van der Waals surface area contributed by atoms with Crippen LogP contribution in [0.3, 0.4) is 0 Å². The van der Waals surface area contributed by atoms with Gasteiger partial charge in [-0.05, 0) is 22.9 Å². The van der Waals surface area contributed by atoms with Crippen molar-refractivity contribution in [1.82, 2.24) is 15.2 Å². The van der Waals surface area contributed by atoms with Crippen LogP contribution in [0.2, 0.25) is 0 Å². The number of carbonyl (C=O) groups is 1. The Kier molecular flexibility index (Phi) is 4.84. The van der Waals surface area contributed by atoms with Gasteiger partial charge in [0.2, 0.25) is 5.13 Å². The molecule has 0 radical (unpaired) electrons. The molecule has 0 bridgehead atoms. The first-order valence-electron chi connectivity index (χ1n) is 7.39. The van der Waals surface area contributed by atoms with E-state index in [1.54, 1.807) is 27.7 Å². The van der Waals surface area contributed by atoms with E-state index in [0.29, 0.717) is 9.47 Å². The second-order valence-electron chi connectivity index (χ2n) is 5.19. The number of amides is 1. The maximum Gasteiger partial charge on any atom is 0.253 e. The smallest absolute Gasteiger partial charge is 0.253 e. The zero-order valence-electron chi connectivity index (χ0n) is 12.9. The Hall–Kier alpha value is -1.75. The van der Waals surface area contributed by atoms with Crippen LogP contribution < -0.4 is 5.73 Å². The first kappa shape index (κ1) is 16.7. The van der Waals surface area contributed by atoms with Gasteiger partial charge in [-0.1, -0.05) is 35.2 Å². The molecule has 1 atom stereocenters. The van der Waals surface area contributed by atoms with Crippen molar-refractivity contribution in [3.63, 3.8) is 0 Å². The number of thioether (sulfide) groups is 1. The van der Waals surface area contributed by atoms with Gasteiger partial charge in [0.15, 0.2) is 4.34 Å². The van der Waals surface area contributed by atoms with Gasteiger partial charge in [-0.25, -0.2) is 5.01 Å². The molecule has 1 aliphatic rings. The molecule has 0 aromatic carbocycles. The van der Waals surface area contributed by atoms with Gasteiger partial charge in [0.25, 0.3) is 5.91 Å². The molecule has 6 nitrogen and oxygen atoms in total. The highest BCUT2D eigenvalue weighted by Crippen LogP contribution is 2.36. The van der Waals surface area contributed by atoms with Crippen LogP contribution in [0.4, 0.5) is 5.13 Å². The molecule has 0 unspecified atom stereocenters. The SMILES string of the molecule is Nc1nnc(SCC(=O)N2N=C(c3cccs3)C[C@@H]2c2cccs2)s1. The number of hydrogen-bond donors (Lipinski definition) is 1. The first-order chi connectivity index (χ1) is 12.2. The lowest BCUT2D eigenvalue weighted by Crippen LogP contribution is -2.28. The van der Waals surface area contributed by atoms with Crippen LogP contribution in [0.1, 0.15) is 22.2 Å². The maximum atomic E-state index is 12.8. The van der Waals surface area contributed by atoms with Crippen molar-refractivity contribution in [3.8, 4) is 0 Å². The molecule has 4 rings (SSSR count). The zero-order chi connectivity index (χ0) is 17.2. The summed E-state index contributed by atoms with van der Waals surface area (Å²) >= 11 is 5.93. The fraction of sp³-hybridized carbons (Fsp3) is 0.200. The summed E-state index contributed by atoms with van der Waals surface area (Å²) in [5.74, 6) is 0.223.